The summed E-state index contributed by atoms with van der Waals surface area (Å²) < 4.78 is 24.4. The summed E-state index contributed by atoms with van der Waals surface area (Å²) in [5, 5.41) is 9.74. The van der Waals surface area contributed by atoms with Crippen molar-refractivity contribution in [2.24, 2.45) is 23.2 Å². The highest BCUT2D eigenvalue weighted by Gasteiger charge is 2.39. The quantitative estimate of drug-likeness (QED) is 0.245. The Labute approximate surface area is 261 Å². The lowest BCUT2D eigenvalue weighted by Crippen LogP contribution is -2.40. The lowest BCUT2D eigenvalue weighted by molar-refractivity contribution is -0.142. The number of piperidine rings is 1. The molecule has 1 aliphatic carbocycles. The van der Waals surface area contributed by atoms with E-state index in [1.165, 1.54) is 5.56 Å². The Morgan fingerprint density at radius 2 is 1.89 bits per heavy atom. The van der Waals surface area contributed by atoms with Crippen molar-refractivity contribution < 1.29 is 28.5 Å². The summed E-state index contributed by atoms with van der Waals surface area (Å²) in [7, 11) is 1.71. The van der Waals surface area contributed by atoms with Crippen molar-refractivity contribution in [3.63, 3.8) is 0 Å². The van der Waals surface area contributed by atoms with E-state index in [9.17, 15) is 9.90 Å². The largest absolute Gasteiger partial charge is 0.496 e. The van der Waals surface area contributed by atoms with Gasteiger partial charge in [0.05, 0.1) is 19.6 Å². The molecule has 8 heteroatoms. The molecule has 1 saturated heterocycles. The first-order chi connectivity index (χ1) is 21.1. The average molecular weight is 605 g/mol. The van der Waals surface area contributed by atoms with Gasteiger partial charge in [0.2, 0.25) is 5.89 Å². The van der Waals surface area contributed by atoms with E-state index in [4.69, 9.17) is 23.6 Å². The van der Waals surface area contributed by atoms with Gasteiger partial charge >= 0.3 is 5.97 Å². The van der Waals surface area contributed by atoms with Crippen molar-refractivity contribution in [3.05, 3.63) is 52.9 Å². The first-order valence-corrected chi connectivity index (χ1v) is 16.4. The first kappa shape index (κ1) is 30.9. The van der Waals surface area contributed by atoms with Gasteiger partial charge in [0, 0.05) is 12.1 Å². The van der Waals surface area contributed by atoms with Gasteiger partial charge in [-0.1, -0.05) is 39.8 Å². The van der Waals surface area contributed by atoms with Crippen LogP contribution in [0, 0.1) is 23.2 Å². The molecule has 3 aliphatic rings. The van der Waals surface area contributed by atoms with Gasteiger partial charge in [-0.05, 0) is 104 Å². The van der Waals surface area contributed by atoms with Crippen LogP contribution in [0.4, 0.5) is 0 Å². The molecule has 3 aromatic rings. The number of carbonyl (C=O) groups is 1. The molecular formula is C36H48N2O6. The van der Waals surface area contributed by atoms with Crippen LogP contribution in [0.1, 0.15) is 88.3 Å². The lowest BCUT2D eigenvalue weighted by atomic mass is 9.81. The highest BCUT2D eigenvalue weighted by Crippen LogP contribution is 2.48. The molecule has 1 N–H and O–H groups in total. The molecule has 238 valence electrons. The van der Waals surface area contributed by atoms with Crippen molar-refractivity contribution in [2.45, 2.75) is 91.4 Å². The predicted molar refractivity (Wildman–Crippen MR) is 169 cm³/mol. The number of hydrogen-bond donors (Lipinski definition) is 1. The van der Waals surface area contributed by atoms with Crippen LogP contribution in [0.15, 0.2) is 34.7 Å². The number of oxazole rings is 1. The number of fused-ring (bicyclic) bond motifs is 2. The Morgan fingerprint density at radius 1 is 1.11 bits per heavy atom. The van der Waals surface area contributed by atoms with E-state index in [0.717, 1.165) is 91.9 Å². The summed E-state index contributed by atoms with van der Waals surface area (Å²) in [4.78, 5) is 19.2. The monoisotopic (exact) mass is 604 g/mol. The molecule has 1 saturated carbocycles. The Bertz CT molecular complexity index is 1460. The molecule has 2 aromatic carbocycles. The summed E-state index contributed by atoms with van der Waals surface area (Å²) in [5.74, 6) is 2.32. The van der Waals surface area contributed by atoms with Crippen LogP contribution in [0.3, 0.4) is 0 Å². The van der Waals surface area contributed by atoms with E-state index in [-0.39, 0.29) is 23.4 Å². The van der Waals surface area contributed by atoms with Gasteiger partial charge in [-0.15, -0.1) is 0 Å². The smallest absolute Gasteiger partial charge is 0.306 e. The minimum Gasteiger partial charge on any atom is -0.496 e. The van der Waals surface area contributed by atoms with Gasteiger partial charge in [0.25, 0.3) is 0 Å². The number of aryl methyl sites for hydroxylation is 1. The van der Waals surface area contributed by atoms with E-state index in [1.807, 2.05) is 19.1 Å². The van der Waals surface area contributed by atoms with Crippen molar-refractivity contribution in [2.75, 3.05) is 26.8 Å². The third-order valence-corrected chi connectivity index (χ3v) is 9.70. The molecule has 3 atom stereocenters. The van der Waals surface area contributed by atoms with E-state index in [0.29, 0.717) is 30.9 Å². The predicted octanol–water partition coefficient (Wildman–Crippen LogP) is 7.22. The van der Waals surface area contributed by atoms with Crippen LogP contribution in [-0.2, 0) is 29.1 Å². The molecule has 44 heavy (non-hydrogen) atoms. The van der Waals surface area contributed by atoms with Gasteiger partial charge in [0.1, 0.15) is 29.7 Å². The second kappa shape index (κ2) is 12.7. The molecule has 2 fully saturated rings. The minimum absolute atomic E-state index is 0.0586. The van der Waals surface area contributed by atoms with Crippen LogP contribution >= 0.6 is 0 Å². The molecule has 6 rings (SSSR count). The number of ether oxygens (including phenoxy) is 3. The van der Waals surface area contributed by atoms with Crippen molar-refractivity contribution >= 4 is 17.1 Å². The molecule has 0 unspecified atom stereocenters. The summed E-state index contributed by atoms with van der Waals surface area (Å²) >= 11 is 0. The second-order valence-electron chi connectivity index (χ2n) is 14.4. The maximum atomic E-state index is 11.8. The fourth-order valence-electron chi connectivity index (χ4n) is 7.16. The van der Waals surface area contributed by atoms with Gasteiger partial charge in [0.15, 0.2) is 5.58 Å². The number of benzene rings is 2. The summed E-state index contributed by atoms with van der Waals surface area (Å²) in [6, 6.07) is 10.4. The summed E-state index contributed by atoms with van der Waals surface area (Å²) in [6.07, 6.45) is 6.61. The molecule has 2 aliphatic heterocycles. The molecule has 0 radical (unpaired) electrons. The molecule has 0 amide bonds. The standard InChI is InChI=1S/C36H48N2O6/c1-22(35(39)40)33(25-7-8-25)26-9-6-23-10-11-28(43-31(23)18-26)24-14-16-38(17-15-24)19-27-29(41-5)12-13-30-34(27)37-32(44-30)20-42-21-36(2,3)4/h6,9,12-13,18,22,24-25,28,33H,7-8,10-11,14-17,19-21H2,1-5H3,(H,39,40)/t22-,28+,33-/m0/s1. The molecule has 3 heterocycles. The fraction of sp³-hybridized carbons (Fsp3) is 0.611. The maximum Gasteiger partial charge on any atom is 0.306 e. The zero-order chi connectivity index (χ0) is 31.0. The third kappa shape index (κ3) is 6.91. The molecule has 1 aromatic heterocycles. The normalized spacial score (nSPS) is 21.1. The van der Waals surface area contributed by atoms with Crippen molar-refractivity contribution in [1.82, 2.24) is 9.88 Å². The van der Waals surface area contributed by atoms with Gasteiger partial charge in [-0.2, -0.15) is 0 Å². The number of carboxylic acid groups (broad SMARTS) is 1. The number of hydrogen-bond acceptors (Lipinski definition) is 7. The van der Waals surface area contributed by atoms with Crippen molar-refractivity contribution in [1.29, 1.82) is 0 Å². The Balaban J connectivity index is 1.09. The highest BCUT2D eigenvalue weighted by atomic mass is 16.5. The molecule has 8 nitrogen and oxygen atoms in total. The molecule has 0 spiro atoms. The Morgan fingerprint density at radius 3 is 2.57 bits per heavy atom. The number of carboxylic acids is 1. The third-order valence-electron chi connectivity index (χ3n) is 9.70. The topological polar surface area (TPSA) is 94.3 Å². The van der Waals surface area contributed by atoms with Crippen LogP contribution in [0.5, 0.6) is 11.5 Å². The lowest BCUT2D eigenvalue weighted by Gasteiger charge is -2.38. The zero-order valence-corrected chi connectivity index (χ0v) is 26.9. The maximum absolute atomic E-state index is 11.8. The van der Waals surface area contributed by atoms with Crippen LogP contribution < -0.4 is 9.47 Å². The van der Waals surface area contributed by atoms with Gasteiger partial charge in [-0.3, -0.25) is 9.69 Å². The zero-order valence-electron chi connectivity index (χ0n) is 26.9. The summed E-state index contributed by atoms with van der Waals surface area (Å²) in [6.45, 7) is 12.0. The van der Waals surface area contributed by atoms with Crippen molar-refractivity contribution in [3.8, 4) is 11.5 Å². The molecular weight excluding hydrogens is 556 g/mol. The van der Waals surface area contributed by atoms with Gasteiger partial charge < -0.3 is 23.7 Å². The fourth-order valence-corrected chi connectivity index (χ4v) is 7.16. The average Bonchev–Trinajstić information content (AvgIpc) is 3.74. The van der Waals surface area contributed by atoms with Crippen LogP contribution in [0.2, 0.25) is 0 Å². The first-order valence-electron chi connectivity index (χ1n) is 16.4. The Hall–Kier alpha value is -3.10. The number of rotatable bonds is 11. The number of methoxy groups -OCH3 is 1. The number of likely N-dealkylation sites (tertiary alicyclic amines) is 1. The number of nitrogens with zero attached hydrogens (tertiary/aromatic N) is 2. The van der Waals surface area contributed by atoms with E-state index < -0.39 is 5.97 Å². The van der Waals surface area contributed by atoms with E-state index in [2.05, 4.69) is 43.9 Å². The molecule has 0 bridgehead atoms. The van der Waals surface area contributed by atoms with Crippen LogP contribution in [-0.4, -0.2) is 53.9 Å². The van der Waals surface area contributed by atoms with Gasteiger partial charge in [-0.25, -0.2) is 4.98 Å². The minimum atomic E-state index is -0.715. The van der Waals surface area contributed by atoms with E-state index >= 15 is 0 Å². The Kier molecular flexibility index (Phi) is 8.93. The SMILES string of the molecule is COc1ccc2oc(COCC(C)(C)C)nc2c1CN1CCC([C@H]2CCc3ccc([C@H](C4CC4)[C@H](C)C(=O)O)cc3O2)CC1. The highest BCUT2D eigenvalue weighted by molar-refractivity contribution is 5.79. The summed E-state index contributed by atoms with van der Waals surface area (Å²) in [5.41, 5.74) is 5.13. The van der Waals surface area contributed by atoms with Crippen LogP contribution in [0.25, 0.3) is 11.1 Å². The second-order valence-corrected chi connectivity index (χ2v) is 14.4. The number of aromatic nitrogens is 1. The number of aliphatic carboxylic acids is 1. The van der Waals surface area contributed by atoms with E-state index in [1.54, 1.807) is 7.11 Å².